The third-order valence-electron chi connectivity index (χ3n) is 8.63. The summed E-state index contributed by atoms with van der Waals surface area (Å²) in [6, 6.07) is 15.9. The number of benzene rings is 3. The summed E-state index contributed by atoms with van der Waals surface area (Å²) in [5, 5.41) is 20.6. The zero-order valence-electron chi connectivity index (χ0n) is 30.2. The number of fused-ring (bicyclic) bond motifs is 18. The fraction of sp³-hybridized carbons (Fsp3) is 0.395. The van der Waals surface area contributed by atoms with Crippen molar-refractivity contribution in [2.75, 3.05) is 40.5 Å². The van der Waals surface area contributed by atoms with E-state index in [-0.39, 0.29) is 37.7 Å². The van der Waals surface area contributed by atoms with Crippen molar-refractivity contribution < 1.29 is 43.3 Å². The Kier molecular flexibility index (Phi) is 15.0. The molecule has 0 unspecified atom stereocenters. The predicted octanol–water partition coefficient (Wildman–Crippen LogP) is 1.41. The molecule has 0 saturated carbocycles. The number of ether oxygens (including phenoxy) is 3. The molecule has 2 heterocycles. The number of hydrogen-bond donors (Lipinski definition) is 6. The van der Waals surface area contributed by atoms with E-state index in [0.717, 1.165) is 5.56 Å². The number of carbonyl (C=O) groups is 5. The number of nitrogens with zero attached hydrogens (tertiary/aromatic N) is 1. The Hall–Kier alpha value is -5.67. The molecule has 7 N–H and O–H groups in total. The molecular formula is C38H48N6O9. The Labute approximate surface area is 308 Å². The number of aliphatic hydroxyl groups excluding tert-OH is 1. The summed E-state index contributed by atoms with van der Waals surface area (Å²) in [5.41, 5.74) is 7.72. The number of nitrogens with one attached hydrogen (secondary N) is 4. The molecule has 3 atom stereocenters. The minimum Gasteiger partial charge on any atom is -0.496 e. The third kappa shape index (κ3) is 11.7. The van der Waals surface area contributed by atoms with E-state index < -0.39 is 54.9 Å². The van der Waals surface area contributed by atoms with E-state index in [2.05, 4.69) is 21.3 Å². The van der Waals surface area contributed by atoms with Gasteiger partial charge >= 0.3 is 0 Å². The van der Waals surface area contributed by atoms with Crippen molar-refractivity contribution in [1.29, 1.82) is 0 Å². The van der Waals surface area contributed by atoms with Crippen LogP contribution in [-0.2, 0) is 32.1 Å². The maximum Gasteiger partial charge on any atom is 0.251 e. The van der Waals surface area contributed by atoms with E-state index in [4.69, 9.17) is 19.9 Å². The molecule has 0 radical (unpaired) electrons. The fourth-order valence-electron chi connectivity index (χ4n) is 5.62. The Bertz CT molecular complexity index is 1740. The largest absolute Gasteiger partial charge is 0.496 e. The maximum absolute atomic E-state index is 13.6. The number of nitrogens with two attached hydrogens (primary N) is 1. The first-order valence-corrected chi connectivity index (χ1v) is 17.4. The molecule has 3 aromatic rings. The first kappa shape index (κ1) is 40.1. The van der Waals surface area contributed by atoms with Gasteiger partial charge in [-0.2, -0.15) is 0 Å². The molecule has 3 aromatic carbocycles. The van der Waals surface area contributed by atoms with E-state index in [0.29, 0.717) is 47.6 Å². The van der Waals surface area contributed by atoms with E-state index in [1.165, 1.54) is 26.0 Å². The molecule has 4 bridgehead atoms. The van der Waals surface area contributed by atoms with Crippen LogP contribution in [0.25, 0.3) is 0 Å². The molecule has 15 nitrogen and oxygen atoms in total. The Morgan fingerprint density at radius 3 is 2.42 bits per heavy atom. The smallest absolute Gasteiger partial charge is 0.251 e. The van der Waals surface area contributed by atoms with Crippen LogP contribution in [0.15, 0.2) is 66.7 Å². The van der Waals surface area contributed by atoms with Gasteiger partial charge in [0.05, 0.1) is 27.4 Å². The number of hydrogen-bond acceptors (Lipinski definition) is 10. The van der Waals surface area contributed by atoms with Crippen molar-refractivity contribution in [3.8, 4) is 23.0 Å². The Balaban J connectivity index is 1.60. The second-order valence-corrected chi connectivity index (χ2v) is 12.5. The quantitative estimate of drug-likeness (QED) is 0.192. The highest BCUT2D eigenvalue weighted by Gasteiger charge is 2.28. The van der Waals surface area contributed by atoms with Gasteiger partial charge in [0.1, 0.15) is 29.6 Å². The summed E-state index contributed by atoms with van der Waals surface area (Å²) >= 11 is 0. The van der Waals surface area contributed by atoms with Crippen molar-refractivity contribution in [3.05, 3.63) is 83.4 Å². The van der Waals surface area contributed by atoms with Crippen molar-refractivity contribution in [2.24, 2.45) is 5.73 Å². The predicted molar refractivity (Wildman–Crippen MR) is 195 cm³/mol. The molecule has 2 aliphatic rings. The van der Waals surface area contributed by atoms with Crippen molar-refractivity contribution in [1.82, 2.24) is 26.2 Å². The highest BCUT2D eigenvalue weighted by atomic mass is 16.5. The average molecular weight is 733 g/mol. The minimum atomic E-state index is -1.25. The van der Waals surface area contributed by atoms with Crippen molar-refractivity contribution in [2.45, 2.75) is 57.3 Å². The normalized spacial score (nSPS) is 18.5. The first-order chi connectivity index (χ1) is 25.5. The highest BCUT2D eigenvalue weighted by Crippen LogP contribution is 2.34. The van der Waals surface area contributed by atoms with Crippen LogP contribution in [0.2, 0.25) is 0 Å². The van der Waals surface area contributed by atoms with Crippen LogP contribution >= 0.6 is 0 Å². The number of methoxy groups -OCH3 is 2. The number of amides is 5. The maximum atomic E-state index is 13.6. The molecule has 5 rings (SSSR count). The van der Waals surface area contributed by atoms with E-state index in [1.54, 1.807) is 36.4 Å². The SMILES string of the molecule is COc1cc2ccc1CNC(=O)[C@H](C)NC(=O)[C@H](CCc1ccccc1)NC(=O)CN(C(=O)[C@@H](N)CO)CCCCNC(=O)c1ccc(OC)c(c1)O2. The molecule has 2 aliphatic heterocycles. The molecule has 284 valence electrons. The second kappa shape index (κ2) is 19.8. The van der Waals surface area contributed by atoms with Crippen LogP contribution < -0.4 is 41.2 Å². The summed E-state index contributed by atoms with van der Waals surface area (Å²) < 4.78 is 17.1. The monoisotopic (exact) mass is 732 g/mol. The van der Waals surface area contributed by atoms with Gasteiger partial charge < -0.3 is 51.2 Å². The fourth-order valence-corrected chi connectivity index (χ4v) is 5.62. The van der Waals surface area contributed by atoms with E-state index >= 15 is 0 Å². The summed E-state index contributed by atoms with van der Waals surface area (Å²) in [5.74, 6) is -1.20. The van der Waals surface area contributed by atoms with Gasteiger partial charge in [-0.3, -0.25) is 24.0 Å². The van der Waals surface area contributed by atoms with Crippen LogP contribution in [0, 0.1) is 0 Å². The lowest BCUT2D eigenvalue weighted by molar-refractivity contribution is -0.138. The summed E-state index contributed by atoms with van der Waals surface area (Å²) in [6.45, 7) is 0.889. The molecule has 53 heavy (non-hydrogen) atoms. The standard InChI is InChI=1S/C38H48N6O9/c1-24-35(47)41-21-27-12-14-28(20-32(27)52-3)53-33-19-26(13-16-31(33)51-2)36(48)40-17-7-8-18-44(38(50)29(39)23-45)22-34(46)43-30(37(49)42-24)15-11-25-9-5-4-6-10-25/h4-6,9-10,12-14,16,19-20,24,29-30,45H,7-8,11,15,17-18,21-23,39H2,1-3H3,(H,40,48)(H,41,47)(H,42,49)(H,43,46)/t24-,29-,30-/m0/s1. The van der Waals surface area contributed by atoms with Gasteiger partial charge in [-0.05, 0) is 68.5 Å². The first-order valence-electron chi connectivity index (χ1n) is 17.4. The van der Waals surface area contributed by atoms with E-state index in [1.807, 2.05) is 30.3 Å². The van der Waals surface area contributed by atoms with Crippen LogP contribution in [-0.4, -0.2) is 98.1 Å². The lowest BCUT2D eigenvalue weighted by Gasteiger charge is -2.26. The van der Waals surface area contributed by atoms with Crippen LogP contribution in [0.3, 0.4) is 0 Å². The van der Waals surface area contributed by atoms with Gasteiger partial charge in [0.15, 0.2) is 11.5 Å². The number of aryl methyl sites for hydroxylation is 1. The van der Waals surface area contributed by atoms with Gasteiger partial charge in [-0.1, -0.05) is 30.3 Å². The number of carbonyl (C=O) groups excluding carboxylic acids is 5. The lowest BCUT2D eigenvalue weighted by Crippen LogP contribution is -2.55. The second-order valence-electron chi connectivity index (χ2n) is 12.5. The number of rotatable bonds is 7. The molecular weight excluding hydrogens is 684 g/mol. The van der Waals surface area contributed by atoms with Crippen molar-refractivity contribution >= 4 is 29.5 Å². The van der Waals surface area contributed by atoms with Gasteiger partial charge in [0.2, 0.25) is 23.6 Å². The molecule has 0 fully saturated rings. The van der Waals surface area contributed by atoms with Crippen LogP contribution in [0.1, 0.15) is 47.7 Å². The van der Waals surface area contributed by atoms with Crippen LogP contribution in [0.5, 0.6) is 23.0 Å². The average Bonchev–Trinajstić information content (AvgIpc) is 3.17. The topological polar surface area (TPSA) is 211 Å². The summed E-state index contributed by atoms with van der Waals surface area (Å²) in [7, 11) is 2.96. The van der Waals surface area contributed by atoms with Gasteiger partial charge in [-0.25, -0.2) is 0 Å². The summed E-state index contributed by atoms with van der Waals surface area (Å²) in [6.07, 6.45) is 1.48. The Morgan fingerprint density at radius 2 is 1.70 bits per heavy atom. The van der Waals surface area contributed by atoms with Crippen LogP contribution in [0.4, 0.5) is 0 Å². The molecule has 0 spiro atoms. The zero-order chi connectivity index (χ0) is 38.3. The van der Waals surface area contributed by atoms with Gasteiger partial charge in [-0.15, -0.1) is 0 Å². The highest BCUT2D eigenvalue weighted by molar-refractivity contribution is 5.95. The molecule has 15 heteroatoms. The molecule has 0 aromatic heterocycles. The van der Waals surface area contributed by atoms with Gasteiger partial charge in [0, 0.05) is 36.8 Å². The summed E-state index contributed by atoms with van der Waals surface area (Å²) in [4.78, 5) is 67.5. The minimum absolute atomic E-state index is 0.0650. The zero-order valence-corrected chi connectivity index (χ0v) is 30.2. The van der Waals surface area contributed by atoms with Crippen molar-refractivity contribution in [3.63, 3.8) is 0 Å². The van der Waals surface area contributed by atoms with Gasteiger partial charge in [0.25, 0.3) is 5.91 Å². The molecule has 0 saturated heterocycles. The lowest BCUT2D eigenvalue weighted by atomic mass is 10.0. The van der Waals surface area contributed by atoms with E-state index in [9.17, 15) is 29.1 Å². The molecule has 5 amide bonds. The Morgan fingerprint density at radius 1 is 0.943 bits per heavy atom. The number of aliphatic hydroxyl groups is 1. The third-order valence-corrected chi connectivity index (χ3v) is 8.63. The molecule has 0 aliphatic carbocycles.